The molecule has 1 N–H and O–H groups in total. The van der Waals surface area contributed by atoms with E-state index in [1.807, 2.05) is 0 Å². The normalized spacial score (nSPS) is 21.6. The van der Waals surface area contributed by atoms with Crippen LogP contribution in [0.1, 0.15) is 28.8 Å². The third-order valence-corrected chi connectivity index (χ3v) is 5.55. The van der Waals surface area contributed by atoms with Gasteiger partial charge in [0.15, 0.2) is 0 Å². The van der Waals surface area contributed by atoms with Gasteiger partial charge in [0.05, 0.1) is 25.0 Å². The molecule has 0 spiro atoms. The van der Waals surface area contributed by atoms with Crippen molar-refractivity contribution < 1.29 is 26.5 Å². The minimum atomic E-state index is -3.59. The number of amides is 1. The summed E-state index contributed by atoms with van der Waals surface area (Å²) in [7, 11) is -2.10. The van der Waals surface area contributed by atoms with E-state index in [0.717, 1.165) is 6.26 Å². The van der Waals surface area contributed by atoms with Gasteiger partial charge in [-0.1, -0.05) is 24.3 Å². The van der Waals surface area contributed by atoms with E-state index < -0.39 is 21.6 Å². The minimum absolute atomic E-state index is 0.219. The average Bonchev–Trinajstić information content (AvgIpc) is 2.62. The predicted molar refractivity (Wildman–Crippen MR) is 102 cm³/mol. The second-order valence-corrected chi connectivity index (χ2v) is 8.60. The molecule has 1 amide bonds. The molecule has 0 aliphatic heterocycles. The van der Waals surface area contributed by atoms with Crippen molar-refractivity contribution in [3.05, 3.63) is 65.5 Å². The lowest BCUT2D eigenvalue weighted by Gasteiger charge is -2.47. The van der Waals surface area contributed by atoms with Gasteiger partial charge in [-0.05, 0) is 42.7 Å². The lowest BCUT2D eigenvalue weighted by Crippen LogP contribution is -2.53. The van der Waals surface area contributed by atoms with E-state index in [0.29, 0.717) is 29.7 Å². The molecule has 1 saturated carbocycles. The number of hydrogen-bond donors (Lipinski definition) is 1. The summed E-state index contributed by atoms with van der Waals surface area (Å²) in [4.78, 5) is 12.6. The van der Waals surface area contributed by atoms with Crippen LogP contribution in [-0.2, 0) is 19.7 Å². The van der Waals surface area contributed by atoms with Gasteiger partial charge in [0.25, 0.3) is 16.0 Å². The molecule has 0 bridgehead atoms. The second-order valence-electron chi connectivity index (χ2n) is 7.00. The van der Waals surface area contributed by atoms with Gasteiger partial charge in [-0.15, -0.1) is 0 Å². The number of hydrogen-bond acceptors (Lipinski definition) is 5. The van der Waals surface area contributed by atoms with Crippen molar-refractivity contribution in [2.75, 3.05) is 19.9 Å². The number of para-hydroxylation sites is 1. The fourth-order valence-corrected chi connectivity index (χ4v) is 4.23. The third-order valence-electron chi connectivity index (χ3n) is 4.92. The standard InChI is InChI=1S/C20H22FNO5S/c1-26-18-9-4-3-8-17(18)19(23)22-13-20(14-6-5-7-15(21)10-14)11-16(12-20)27-28(2,24)25/h3-10,16H,11-13H2,1-2H3,(H,22,23). The fourth-order valence-electron chi connectivity index (χ4n) is 3.60. The Kier molecular flexibility index (Phi) is 5.71. The average molecular weight is 407 g/mol. The number of ether oxygens (including phenoxy) is 1. The maximum absolute atomic E-state index is 13.8. The first kappa shape index (κ1) is 20.3. The number of carbonyl (C=O) groups is 1. The van der Waals surface area contributed by atoms with Gasteiger partial charge in [-0.2, -0.15) is 8.42 Å². The van der Waals surface area contributed by atoms with Crippen LogP contribution in [0.3, 0.4) is 0 Å². The van der Waals surface area contributed by atoms with E-state index in [4.69, 9.17) is 8.92 Å². The second kappa shape index (κ2) is 7.89. The number of methoxy groups -OCH3 is 1. The molecule has 2 aromatic rings. The van der Waals surface area contributed by atoms with Crippen LogP contribution in [0, 0.1) is 5.82 Å². The lowest BCUT2D eigenvalue weighted by atomic mass is 9.62. The number of nitrogens with one attached hydrogen (secondary N) is 1. The number of benzene rings is 2. The maximum atomic E-state index is 13.8. The highest BCUT2D eigenvalue weighted by molar-refractivity contribution is 7.86. The third kappa shape index (κ3) is 4.51. The molecule has 0 radical (unpaired) electrons. The van der Waals surface area contributed by atoms with E-state index >= 15 is 0 Å². The van der Waals surface area contributed by atoms with Crippen molar-refractivity contribution in [3.8, 4) is 5.75 Å². The molecular formula is C20H22FNO5S. The molecule has 6 nitrogen and oxygen atoms in total. The van der Waals surface area contributed by atoms with Crippen molar-refractivity contribution in [3.63, 3.8) is 0 Å². The number of carbonyl (C=O) groups excluding carboxylic acids is 1. The lowest BCUT2D eigenvalue weighted by molar-refractivity contribution is 0.0420. The van der Waals surface area contributed by atoms with Gasteiger partial charge in [0.1, 0.15) is 11.6 Å². The van der Waals surface area contributed by atoms with Crippen molar-refractivity contribution in [1.82, 2.24) is 5.32 Å². The first-order valence-electron chi connectivity index (χ1n) is 8.78. The van der Waals surface area contributed by atoms with Crippen LogP contribution in [0.2, 0.25) is 0 Å². The maximum Gasteiger partial charge on any atom is 0.264 e. The predicted octanol–water partition coefficient (Wildman–Crippen LogP) is 2.64. The number of halogens is 1. The molecule has 1 fully saturated rings. The summed E-state index contributed by atoms with van der Waals surface area (Å²) < 4.78 is 46.8. The van der Waals surface area contributed by atoms with Crippen molar-refractivity contribution in [1.29, 1.82) is 0 Å². The Morgan fingerprint density at radius 1 is 1.21 bits per heavy atom. The molecule has 0 aromatic heterocycles. The molecule has 2 aromatic carbocycles. The van der Waals surface area contributed by atoms with Crippen LogP contribution >= 0.6 is 0 Å². The Balaban J connectivity index is 1.78. The summed E-state index contributed by atoms with van der Waals surface area (Å²) in [6.45, 7) is 0.219. The summed E-state index contributed by atoms with van der Waals surface area (Å²) in [5.41, 5.74) is 0.485. The van der Waals surface area contributed by atoms with Gasteiger partial charge >= 0.3 is 0 Å². The summed E-state index contributed by atoms with van der Waals surface area (Å²) >= 11 is 0. The summed E-state index contributed by atoms with van der Waals surface area (Å²) in [5.74, 6) is -0.257. The van der Waals surface area contributed by atoms with E-state index in [1.54, 1.807) is 36.4 Å². The molecule has 1 aliphatic rings. The van der Waals surface area contributed by atoms with Gasteiger partial charge in [-0.3, -0.25) is 8.98 Å². The first-order valence-corrected chi connectivity index (χ1v) is 10.6. The van der Waals surface area contributed by atoms with Crippen LogP contribution in [0.5, 0.6) is 5.75 Å². The van der Waals surface area contributed by atoms with Crippen LogP contribution in [0.15, 0.2) is 48.5 Å². The van der Waals surface area contributed by atoms with E-state index in [-0.39, 0.29) is 18.3 Å². The largest absolute Gasteiger partial charge is 0.496 e. The Labute approximate surface area is 163 Å². The summed E-state index contributed by atoms with van der Waals surface area (Å²) in [5, 5.41) is 2.87. The summed E-state index contributed by atoms with van der Waals surface area (Å²) in [6.07, 6.45) is 1.21. The minimum Gasteiger partial charge on any atom is -0.496 e. The van der Waals surface area contributed by atoms with Crippen LogP contribution in [0.25, 0.3) is 0 Å². The smallest absolute Gasteiger partial charge is 0.264 e. The molecule has 150 valence electrons. The quantitative estimate of drug-likeness (QED) is 0.714. The van der Waals surface area contributed by atoms with Gasteiger partial charge in [0, 0.05) is 12.0 Å². The molecule has 0 atom stereocenters. The Morgan fingerprint density at radius 2 is 1.93 bits per heavy atom. The highest BCUT2D eigenvalue weighted by atomic mass is 32.2. The molecular weight excluding hydrogens is 385 g/mol. The number of rotatable bonds is 7. The molecule has 28 heavy (non-hydrogen) atoms. The zero-order valence-electron chi connectivity index (χ0n) is 15.6. The van der Waals surface area contributed by atoms with Gasteiger partial charge < -0.3 is 10.1 Å². The molecule has 1 aliphatic carbocycles. The SMILES string of the molecule is COc1ccccc1C(=O)NCC1(c2cccc(F)c2)CC(OS(C)(=O)=O)C1. The molecule has 3 rings (SSSR count). The van der Waals surface area contributed by atoms with E-state index in [1.165, 1.54) is 19.2 Å². The Morgan fingerprint density at radius 3 is 2.57 bits per heavy atom. The highest BCUT2D eigenvalue weighted by Crippen LogP contribution is 2.45. The Bertz CT molecular complexity index is 970. The highest BCUT2D eigenvalue weighted by Gasteiger charge is 2.47. The molecule has 0 unspecified atom stereocenters. The van der Waals surface area contributed by atoms with E-state index in [9.17, 15) is 17.6 Å². The van der Waals surface area contributed by atoms with E-state index in [2.05, 4.69) is 5.32 Å². The monoisotopic (exact) mass is 407 g/mol. The fraction of sp³-hybridized carbons (Fsp3) is 0.350. The zero-order chi connectivity index (χ0) is 20.4. The zero-order valence-corrected chi connectivity index (χ0v) is 16.5. The van der Waals surface area contributed by atoms with Crippen LogP contribution < -0.4 is 10.1 Å². The van der Waals surface area contributed by atoms with Gasteiger partial charge in [0.2, 0.25) is 0 Å². The van der Waals surface area contributed by atoms with Crippen molar-refractivity contribution in [2.45, 2.75) is 24.4 Å². The molecule has 8 heteroatoms. The first-order chi connectivity index (χ1) is 13.2. The van der Waals surface area contributed by atoms with Crippen LogP contribution in [0.4, 0.5) is 4.39 Å². The van der Waals surface area contributed by atoms with Crippen molar-refractivity contribution >= 4 is 16.0 Å². The van der Waals surface area contributed by atoms with Crippen LogP contribution in [-0.4, -0.2) is 40.3 Å². The molecule has 0 heterocycles. The molecule has 0 saturated heterocycles. The summed E-state index contributed by atoms with van der Waals surface area (Å²) in [6, 6.07) is 13.0. The Hall–Kier alpha value is -2.45. The van der Waals surface area contributed by atoms with Crippen molar-refractivity contribution in [2.24, 2.45) is 0 Å². The van der Waals surface area contributed by atoms with Gasteiger partial charge in [-0.25, -0.2) is 4.39 Å². The topological polar surface area (TPSA) is 81.7 Å².